The van der Waals surface area contributed by atoms with Crippen molar-refractivity contribution in [3.63, 3.8) is 0 Å². The van der Waals surface area contributed by atoms with Gasteiger partial charge in [0, 0.05) is 9.80 Å². The first-order valence-corrected chi connectivity index (χ1v) is 8.27. The van der Waals surface area contributed by atoms with E-state index in [9.17, 15) is 0 Å². The minimum Gasteiger partial charge on any atom is -0.0879 e. The molecule has 3 aromatic rings. The third-order valence-corrected chi connectivity index (χ3v) is 4.90. The van der Waals surface area contributed by atoms with Gasteiger partial charge >= 0.3 is 0 Å². The fourth-order valence-electron chi connectivity index (χ4n) is 2.14. The summed E-state index contributed by atoms with van der Waals surface area (Å²) in [5.74, 6) is 0. The van der Waals surface area contributed by atoms with Gasteiger partial charge in [0.15, 0.2) is 0 Å². The number of rotatable bonds is 4. The second-order valence-electron chi connectivity index (χ2n) is 4.79. The highest BCUT2D eigenvalue weighted by Gasteiger charge is 2.11. The van der Waals surface area contributed by atoms with Crippen LogP contribution in [0, 0.1) is 0 Å². The van der Waals surface area contributed by atoms with Gasteiger partial charge in [-0.3, -0.25) is 0 Å². The van der Waals surface area contributed by atoms with Crippen LogP contribution in [0.3, 0.4) is 0 Å². The number of halogens is 1. The Bertz CT molecular complexity index is 749. The Kier molecular flexibility index (Phi) is 4.99. The Balaban J connectivity index is 2.07. The van der Waals surface area contributed by atoms with Crippen LogP contribution in [0.2, 0.25) is 0 Å². The summed E-state index contributed by atoms with van der Waals surface area (Å²) >= 11 is 8.41. The molecule has 0 heterocycles. The SMILES string of the molecule is Cl/C(=C(/Sc1ccccc1)c1ccccc1)c1ccccc1. The molecule has 3 aromatic carbocycles. The summed E-state index contributed by atoms with van der Waals surface area (Å²) in [5.41, 5.74) is 2.16. The van der Waals surface area contributed by atoms with Crippen LogP contribution in [0.15, 0.2) is 95.9 Å². The van der Waals surface area contributed by atoms with Crippen LogP contribution in [0.5, 0.6) is 0 Å². The first-order chi connectivity index (χ1) is 10.8. The van der Waals surface area contributed by atoms with E-state index in [0.717, 1.165) is 21.1 Å². The van der Waals surface area contributed by atoms with E-state index in [1.807, 2.05) is 66.7 Å². The Morgan fingerprint density at radius 3 is 1.59 bits per heavy atom. The summed E-state index contributed by atoms with van der Waals surface area (Å²) < 4.78 is 0. The van der Waals surface area contributed by atoms with Crippen molar-refractivity contribution in [3.8, 4) is 0 Å². The van der Waals surface area contributed by atoms with Gasteiger partial charge in [-0.1, -0.05) is 102 Å². The van der Waals surface area contributed by atoms with Gasteiger partial charge in [-0.2, -0.15) is 0 Å². The molecule has 0 unspecified atom stereocenters. The van der Waals surface area contributed by atoms with Gasteiger partial charge in [-0.25, -0.2) is 0 Å². The molecule has 0 aliphatic heterocycles. The van der Waals surface area contributed by atoms with Crippen LogP contribution >= 0.6 is 23.4 Å². The zero-order chi connectivity index (χ0) is 15.2. The normalized spacial score (nSPS) is 11.9. The predicted molar refractivity (Wildman–Crippen MR) is 97.9 cm³/mol. The predicted octanol–water partition coefficient (Wildman–Crippen LogP) is 6.54. The second kappa shape index (κ2) is 7.35. The van der Waals surface area contributed by atoms with Crippen molar-refractivity contribution in [2.45, 2.75) is 4.90 Å². The fourth-order valence-corrected chi connectivity index (χ4v) is 3.48. The minimum absolute atomic E-state index is 0.778. The molecule has 3 rings (SSSR count). The summed E-state index contributed by atoms with van der Waals surface area (Å²) in [4.78, 5) is 2.25. The third kappa shape index (κ3) is 3.62. The molecule has 0 N–H and O–H groups in total. The summed E-state index contributed by atoms with van der Waals surface area (Å²) in [6, 6.07) is 30.7. The largest absolute Gasteiger partial charge is 0.0879 e. The number of benzene rings is 3. The Morgan fingerprint density at radius 2 is 1.05 bits per heavy atom. The average molecular weight is 323 g/mol. The summed E-state index contributed by atoms with van der Waals surface area (Å²) in [6.45, 7) is 0. The van der Waals surface area contributed by atoms with Crippen LogP contribution < -0.4 is 0 Å². The molecule has 0 radical (unpaired) electrons. The molecule has 2 heteroatoms. The Morgan fingerprint density at radius 1 is 0.591 bits per heavy atom. The third-order valence-electron chi connectivity index (χ3n) is 3.23. The molecule has 0 atom stereocenters. The highest BCUT2D eigenvalue weighted by Crippen LogP contribution is 2.41. The lowest BCUT2D eigenvalue weighted by Crippen LogP contribution is -1.85. The van der Waals surface area contributed by atoms with Crippen LogP contribution in [0.1, 0.15) is 11.1 Å². The van der Waals surface area contributed by atoms with E-state index >= 15 is 0 Å². The molecule has 0 nitrogen and oxygen atoms in total. The minimum atomic E-state index is 0.778. The first kappa shape index (κ1) is 15.0. The van der Waals surface area contributed by atoms with E-state index in [4.69, 9.17) is 11.6 Å². The van der Waals surface area contributed by atoms with Crippen LogP contribution in [-0.2, 0) is 0 Å². The molecule has 108 valence electrons. The lowest BCUT2D eigenvalue weighted by molar-refractivity contribution is 1.47. The van der Waals surface area contributed by atoms with Gasteiger partial charge in [0.25, 0.3) is 0 Å². The lowest BCUT2D eigenvalue weighted by atomic mass is 10.1. The van der Waals surface area contributed by atoms with Crippen molar-refractivity contribution in [1.29, 1.82) is 0 Å². The van der Waals surface area contributed by atoms with Crippen LogP contribution in [-0.4, -0.2) is 0 Å². The van der Waals surface area contributed by atoms with Gasteiger partial charge in [0.2, 0.25) is 0 Å². The van der Waals surface area contributed by atoms with Gasteiger partial charge in [0.1, 0.15) is 0 Å². The van der Waals surface area contributed by atoms with Crippen molar-refractivity contribution in [1.82, 2.24) is 0 Å². The van der Waals surface area contributed by atoms with E-state index in [2.05, 4.69) is 24.3 Å². The fraction of sp³-hybridized carbons (Fsp3) is 0. The average Bonchev–Trinajstić information content (AvgIpc) is 2.61. The summed E-state index contributed by atoms with van der Waals surface area (Å²) in [7, 11) is 0. The molecule has 0 aliphatic carbocycles. The van der Waals surface area contributed by atoms with E-state index in [1.54, 1.807) is 11.8 Å². The lowest BCUT2D eigenvalue weighted by Gasteiger charge is -2.11. The summed E-state index contributed by atoms with van der Waals surface area (Å²) in [6.07, 6.45) is 0. The molecule has 0 bridgehead atoms. The van der Waals surface area contributed by atoms with Gasteiger partial charge in [-0.05, 0) is 23.3 Å². The molecule has 0 amide bonds. The molecular weight excluding hydrogens is 308 g/mol. The smallest absolute Gasteiger partial charge is 0.0623 e. The molecule has 0 aromatic heterocycles. The Labute approximate surface area is 140 Å². The molecule has 0 fully saturated rings. The van der Waals surface area contributed by atoms with Crippen LogP contribution in [0.4, 0.5) is 0 Å². The zero-order valence-electron chi connectivity index (χ0n) is 11.9. The zero-order valence-corrected chi connectivity index (χ0v) is 13.5. The molecule has 0 aliphatic rings. The monoisotopic (exact) mass is 322 g/mol. The number of hydrogen-bond donors (Lipinski definition) is 0. The molecule has 0 saturated heterocycles. The van der Waals surface area contributed by atoms with Gasteiger partial charge in [0.05, 0.1) is 5.03 Å². The number of thioether (sulfide) groups is 1. The van der Waals surface area contributed by atoms with E-state index in [-0.39, 0.29) is 0 Å². The standard InChI is InChI=1S/C20H15ClS/c21-19(16-10-4-1-5-11-16)20(17-12-6-2-7-13-17)22-18-14-8-3-9-15-18/h1-15H/b20-19+. The summed E-state index contributed by atoms with van der Waals surface area (Å²) in [5, 5.41) is 0.778. The topological polar surface area (TPSA) is 0 Å². The van der Waals surface area contributed by atoms with Crippen molar-refractivity contribution in [2.24, 2.45) is 0 Å². The van der Waals surface area contributed by atoms with Crippen molar-refractivity contribution in [2.75, 3.05) is 0 Å². The molecular formula is C20H15ClS. The van der Waals surface area contributed by atoms with E-state index in [1.165, 1.54) is 4.90 Å². The second-order valence-corrected chi connectivity index (χ2v) is 6.25. The van der Waals surface area contributed by atoms with Crippen LogP contribution in [0.25, 0.3) is 9.94 Å². The quantitative estimate of drug-likeness (QED) is 0.388. The maximum Gasteiger partial charge on any atom is 0.0623 e. The van der Waals surface area contributed by atoms with Crippen molar-refractivity contribution < 1.29 is 0 Å². The Hall–Kier alpha value is -1.96. The molecule has 0 spiro atoms. The highest BCUT2D eigenvalue weighted by molar-refractivity contribution is 8.08. The van der Waals surface area contributed by atoms with Crippen molar-refractivity contribution >= 4 is 33.3 Å². The van der Waals surface area contributed by atoms with Crippen molar-refractivity contribution in [3.05, 3.63) is 102 Å². The highest BCUT2D eigenvalue weighted by atomic mass is 35.5. The number of hydrogen-bond acceptors (Lipinski definition) is 1. The van der Waals surface area contributed by atoms with Gasteiger partial charge in [-0.15, -0.1) is 0 Å². The van der Waals surface area contributed by atoms with E-state index < -0.39 is 0 Å². The maximum atomic E-state index is 6.72. The first-order valence-electron chi connectivity index (χ1n) is 7.08. The molecule has 22 heavy (non-hydrogen) atoms. The maximum absolute atomic E-state index is 6.72. The molecule has 0 saturated carbocycles. The van der Waals surface area contributed by atoms with E-state index in [0.29, 0.717) is 0 Å². The van der Waals surface area contributed by atoms with Gasteiger partial charge < -0.3 is 0 Å².